The van der Waals surface area contributed by atoms with Gasteiger partial charge in [0.2, 0.25) is 0 Å². The molecule has 4 unspecified atom stereocenters. The van der Waals surface area contributed by atoms with Gasteiger partial charge in [-0.25, -0.2) is 4.39 Å². The predicted molar refractivity (Wildman–Crippen MR) is 101 cm³/mol. The lowest BCUT2D eigenvalue weighted by Crippen LogP contribution is -2.65. The van der Waals surface area contributed by atoms with Gasteiger partial charge in [0.1, 0.15) is 41.6 Å². The Balaban J connectivity index is 1.91. The van der Waals surface area contributed by atoms with Crippen LogP contribution in [0, 0.1) is 5.82 Å². The Bertz CT molecular complexity index is 822. The van der Waals surface area contributed by atoms with E-state index in [-0.39, 0.29) is 6.42 Å². The van der Waals surface area contributed by atoms with Crippen LogP contribution in [-0.4, -0.2) is 69.8 Å². The second-order valence-electron chi connectivity index (χ2n) is 7.22. The van der Waals surface area contributed by atoms with E-state index in [0.29, 0.717) is 16.9 Å². The number of hydrogen-bond donors (Lipinski definition) is 5. The molecule has 0 spiro atoms. The number of ether oxygens (including phenoxy) is 2. The van der Waals surface area contributed by atoms with Gasteiger partial charge in [0.15, 0.2) is 0 Å². The van der Waals surface area contributed by atoms with Gasteiger partial charge in [-0.3, -0.25) is 0 Å². The van der Waals surface area contributed by atoms with Crippen LogP contribution in [0.15, 0.2) is 42.5 Å². The highest BCUT2D eigenvalue weighted by Crippen LogP contribution is 2.38. The van der Waals surface area contributed by atoms with E-state index >= 15 is 0 Å². The maximum absolute atomic E-state index is 14.4. The topological polar surface area (TPSA) is 120 Å². The molecule has 2 aromatic carbocycles. The van der Waals surface area contributed by atoms with Gasteiger partial charge >= 0.3 is 0 Å². The Morgan fingerprint density at radius 1 is 1.00 bits per heavy atom. The van der Waals surface area contributed by atoms with Crippen LogP contribution in [-0.2, 0) is 11.2 Å². The molecule has 0 aliphatic carbocycles. The van der Waals surface area contributed by atoms with E-state index in [0.717, 1.165) is 5.56 Å². The van der Waals surface area contributed by atoms with Gasteiger partial charge in [0, 0.05) is 6.42 Å². The van der Waals surface area contributed by atoms with Crippen molar-refractivity contribution >= 4 is 0 Å². The second kappa shape index (κ2) is 8.74. The van der Waals surface area contributed by atoms with Crippen molar-refractivity contribution in [3.8, 4) is 5.75 Å². The van der Waals surface area contributed by atoms with Crippen molar-refractivity contribution in [1.82, 2.24) is 0 Å². The van der Waals surface area contributed by atoms with Crippen LogP contribution in [0.5, 0.6) is 5.75 Å². The summed E-state index contributed by atoms with van der Waals surface area (Å²) in [6, 6.07) is 11.3. The zero-order valence-electron chi connectivity index (χ0n) is 15.9. The van der Waals surface area contributed by atoms with Crippen molar-refractivity contribution in [3.63, 3.8) is 0 Å². The summed E-state index contributed by atoms with van der Waals surface area (Å²) < 4.78 is 25.1. The normalized spacial score (nSPS) is 26.3. The summed E-state index contributed by atoms with van der Waals surface area (Å²) in [4.78, 5) is 0. The van der Waals surface area contributed by atoms with Crippen LogP contribution in [0.4, 0.5) is 4.39 Å². The lowest BCUT2D eigenvalue weighted by Gasteiger charge is -2.47. The van der Waals surface area contributed by atoms with E-state index in [1.807, 2.05) is 0 Å². The van der Waals surface area contributed by atoms with Gasteiger partial charge in [-0.15, -0.1) is 0 Å². The quantitative estimate of drug-likeness (QED) is 0.466. The zero-order valence-corrected chi connectivity index (χ0v) is 15.9. The van der Waals surface area contributed by atoms with Crippen molar-refractivity contribution in [3.05, 3.63) is 65.0 Å². The maximum atomic E-state index is 14.4. The predicted octanol–water partition coefficient (Wildman–Crippen LogP) is 0.302. The van der Waals surface area contributed by atoms with E-state index in [1.165, 1.54) is 18.2 Å². The number of halogens is 1. The SMILES string of the molecule is COc1ccc(Cc2cc(C3OC(CO)(CO)C(O)C(O)C3O)ccc2F)cc1. The molecule has 1 fully saturated rings. The fraction of sp³-hybridized carbons (Fsp3) is 0.429. The van der Waals surface area contributed by atoms with Crippen LogP contribution < -0.4 is 4.74 Å². The minimum absolute atomic E-state index is 0.267. The van der Waals surface area contributed by atoms with Gasteiger partial charge in [-0.1, -0.05) is 18.2 Å². The number of methoxy groups -OCH3 is 1. The average Bonchev–Trinajstić information content (AvgIpc) is 2.75. The average molecular weight is 408 g/mol. The summed E-state index contributed by atoms with van der Waals surface area (Å²) >= 11 is 0. The largest absolute Gasteiger partial charge is 0.497 e. The molecule has 158 valence electrons. The highest BCUT2D eigenvalue weighted by Gasteiger charge is 2.53. The molecule has 5 N–H and O–H groups in total. The minimum atomic E-state index is -1.85. The third-order valence-corrected chi connectivity index (χ3v) is 5.37. The molecule has 1 heterocycles. The summed E-state index contributed by atoms with van der Waals surface area (Å²) in [5, 5.41) is 49.9. The van der Waals surface area contributed by atoms with Crippen molar-refractivity contribution in [2.24, 2.45) is 0 Å². The van der Waals surface area contributed by atoms with Crippen molar-refractivity contribution in [2.75, 3.05) is 20.3 Å². The molecule has 29 heavy (non-hydrogen) atoms. The fourth-order valence-electron chi connectivity index (χ4n) is 3.52. The number of aliphatic hydroxyl groups is 5. The Morgan fingerprint density at radius 3 is 2.24 bits per heavy atom. The molecule has 3 rings (SSSR count). The number of rotatable bonds is 6. The lowest BCUT2D eigenvalue weighted by atomic mass is 9.83. The second-order valence-corrected chi connectivity index (χ2v) is 7.22. The first-order valence-electron chi connectivity index (χ1n) is 9.20. The standard InChI is InChI=1S/C21H25FO7/c1-28-15-5-2-12(3-6-15)8-14-9-13(4-7-16(14)22)19-17(25)18(26)20(27)21(10-23,11-24)29-19/h2-7,9,17-20,23-27H,8,10-11H2,1H3. The zero-order chi connectivity index (χ0) is 21.2. The molecular weight excluding hydrogens is 383 g/mol. The molecule has 1 aliphatic heterocycles. The molecule has 8 heteroatoms. The van der Waals surface area contributed by atoms with Gasteiger partial charge in [0.05, 0.1) is 20.3 Å². The number of benzene rings is 2. The molecule has 0 amide bonds. The summed E-state index contributed by atoms with van der Waals surface area (Å²) in [7, 11) is 1.55. The summed E-state index contributed by atoms with van der Waals surface area (Å²) in [6.07, 6.45) is -5.80. The van der Waals surface area contributed by atoms with E-state index in [2.05, 4.69) is 0 Å². The van der Waals surface area contributed by atoms with Gasteiger partial charge < -0.3 is 35.0 Å². The third kappa shape index (κ3) is 4.13. The van der Waals surface area contributed by atoms with E-state index in [9.17, 15) is 29.9 Å². The summed E-state index contributed by atoms with van der Waals surface area (Å²) in [5.74, 6) is 0.227. The minimum Gasteiger partial charge on any atom is -0.497 e. The summed E-state index contributed by atoms with van der Waals surface area (Å²) in [5.41, 5.74) is -0.335. The molecule has 7 nitrogen and oxygen atoms in total. The highest BCUT2D eigenvalue weighted by molar-refractivity contribution is 5.35. The van der Waals surface area contributed by atoms with Crippen LogP contribution >= 0.6 is 0 Å². The molecule has 1 saturated heterocycles. The Kier molecular flexibility index (Phi) is 6.52. The highest BCUT2D eigenvalue weighted by atomic mass is 19.1. The van der Waals surface area contributed by atoms with Crippen molar-refractivity contribution in [1.29, 1.82) is 0 Å². The molecule has 1 aliphatic rings. The molecule has 0 bridgehead atoms. The van der Waals surface area contributed by atoms with E-state index in [4.69, 9.17) is 9.47 Å². The van der Waals surface area contributed by atoms with Crippen molar-refractivity contribution < 1.29 is 39.4 Å². The summed E-state index contributed by atoms with van der Waals surface area (Å²) in [6.45, 7) is -1.55. The molecule has 0 aromatic heterocycles. The molecule has 0 radical (unpaired) electrons. The van der Waals surface area contributed by atoms with Crippen molar-refractivity contribution in [2.45, 2.75) is 36.4 Å². The van der Waals surface area contributed by atoms with Gasteiger partial charge in [-0.05, 0) is 41.0 Å². The Morgan fingerprint density at radius 2 is 1.66 bits per heavy atom. The van der Waals surface area contributed by atoms with Crippen LogP contribution in [0.1, 0.15) is 22.8 Å². The first-order valence-corrected chi connectivity index (χ1v) is 9.20. The van der Waals surface area contributed by atoms with Gasteiger partial charge in [0.25, 0.3) is 0 Å². The first-order chi connectivity index (χ1) is 13.8. The Hall–Kier alpha value is -2.07. The molecule has 2 aromatic rings. The third-order valence-electron chi connectivity index (χ3n) is 5.37. The fourth-order valence-corrected chi connectivity index (χ4v) is 3.52. The van der Waals surface area contributed by atoms with E-state index < -0.39 is 49.0 Å². The molecular formula is C21H25FO7. The smallest absolute Gasteiger partial charge is 0.143 e. The van der Waals surface area contributed by atoms with E-state index in [1.54, 1.807) is 31.4 Å². The monoisotopic (exact) mass is 408 g/mol. The Labute approximate surface area is 167 Å². The lowest BCUT2D eigenvalue weighted by molar-refractivity contribution is -0.289. The number of aliphatic hydroxyl groups excluding tert-OH is 5. The molecule has 4 atom stereocenters. The van der Waals surface area contributed by atoms with Crippen LogP contribution in [0.3, 0.4) is 0 Å². The maximum Gasteiger partial charge on any atom is 0.143 e. The van der Waals surface area contributed by atoms with Crippen LogP contribution in [0.2, 0.25) is 0 Å². The first kappa shape index (κ1) is 21.6. The molecule has 0 saturated carbocycles. The van der Waals surface area contributed by atoms with Crippen LogP contribution in [0.25, 0.3) is 0 Å². The van der Waals surface area contributed by atoms with Gasteiger partial charge in [-0.2, -0.15) is 0 Å². The number of hydrogen-bond acceptors (Lipinski definition) is 7.